The average Bonchev–Trinajstić information content (AvgIpc) is 2.55. The molecular weight excluding hydrogens is 338 g/mol. The maximum Gasteiger partial charge on any atom is 0.387 e. The minimum absolute atomic E-state index is 0.116. The zero-order valence-corrected chi connectivity index (χ0v) is 13.5. The SMILES string of the molecule is O=C(CNc1ccc(Cl)cc1)NCCc1ccc(OC(F)F)cc1. The van der Waals surface area contributed by atoms with E-state index in [1.807, 2.05) is 0 Å². The second kappa shape index (κ2) is 9.08. The first-order chi connectivity index (χ1) is 11.5. The molecule has 7 heteroatoms. The molecule has 0 atom stereocenters. The number of amides is 1. The van der Waals surface area contributed by atoms with Crippen LogP contribution in [0.5, 0.6) is 5.75 Å². The van der Waals surface area contributed by atoms with Gasteiger partial charge >= 0.3 is 6.61 Å². The van der Waals surface area contributed by atoms with E-state index in [1.54, 1.807) is 36.4 Å². The summed E-state index contributed by atoms with van der Waals surface area (Å²) < 4.78 is 28.4. The Morgan fingerprint density at radius 2 is 1.75 bits per heavy atom. The fourth-order valence-corrected chi connectivity index (χ4v) is 2.12. The average molecular weight is 355 g/mol. The van der Waals surface area contributed by atoms with Crippen molar-refractivity contribution in [3.05, 3.63) is 59.1 Å². The zero-order valence-electron chi connectivity index (χ0n) is 12.8. The Morgan fingerprint density at radius 3 is 2.38 bits per heavy atom. The quantitative estimate of drug-likeness (QED) is 0.759. The first-order valence-corrected chi connectivity index (χ1v) is 7.70. The number of halogens is 3. The van der Waals surface area contributed by atoms with Gasteiger partial charge in [0, 0.05) is 17.3 Å². The van der Waals surface area contributed by atoms with E-state index in [0.717, 1.165) is 11.3 Å². The molecule has 0 aliphatic carbocycles. The minimum Gasteiger partial charge on any atom is -0.435 e. The van der Waals surface area contributed by atoms with Crippen LogP contribution in [0.2, 0.25) is 5.02 Å². The van der Waals surface area contributed by atoms with Gasteiger partial charge in [-0.05, 0) is 48.4 Å². The Balaban J connectivity index is 1.67. The first-order valence-electron chi connectivity index (χ1n) is 7.33. The number of nitrogens with one attached hydrogen (secondary N) is 2. The van der Waals surface area contributed by atoms with Gasteiger partial charge in [-0.15, -0.1) is 0 Å². The summed E-state index contributed by atoms with van der Waals surface area (Å²) in [6.07, 6.45) is 0.599. The predicted octanol–water partition coefficient (Wildman–Crippen LogP) is 3.71. The van der Waals surface area contributed by atoms with E-state index in [2.05, 4.69) is 15.4 Å². The molecular formula is C17H17ClF2N2O2. The van der Waals surface area contributed by atoms with E-state index >= 15 is 0 Å². The molecule has 0 aromatic heterocycles. The molecule has 0 fully saturated rings. The normalized spacial score (nSPS) is 10.5. The Bertz CT molecular complexity index is 649. The number of carbonyl (C=O) groups is 1. The fraction of sp³-hybridized carbons (Fsp3) is 0.235. The van der Waals surface area contributed by atoms with Gasteiger partial charge < -0.3 is 15.4 Å². The van der Waals surface area contributed by atoms with Crippen molar-refractivity contribution >= 4 is 23.2 Å². The smallest absolute Gasteiger partial charge is 0.387 e. The molecule has 0 saturated heterocycles. The molecule has 2 N–H and O–H groups in total. The van der Waals surface area contributed by atoms with Gasteiger partial charge in [-0.1, -0.05) is 23.7 Å². The van der Waals surface area contributed by atoms with Crippen LogP contribution in [0, 0.1) is 0 Å². The number of alkyl halides is 2. The van der Waals surface area contributed by atoms with Crippen LogP contribution < -0.4 is 15.4 Å². The second-order valence-electron chi connectivity index (χ2n) is 4.98. The lowest BCUT2D eigenvalue weighted by Crippen LogP contribution is -2.31. The molecule has 0 unspecified atom stereocenters. The third kappa shape index (κ3) is 6.42. The molecule has 2 aromatic carbocycles. The monoisotopic (exact) mass is 354 g/mol. The highest BCUT2D eigenvalue weighted by Gasteiger charge is 2.04. The third-order valence-electron chi connectivity index (χ3n) is 3.18. The van der Waals surface area contributed by atoms with E-state index < -0.39 is 6.61 Å². The number of anilines is 1. The summed E-state index contributed by atoms with van der Waals surface area (Å²) in [5.74, 6) is -0.0208. The highest BCUT2D eigenvalue weighted by atomic mass is 35.5. The van der Waals surface area contributed by atoms with Crippen LogP contribution in [0.25, 0.3) is 0 Å². The summed E-state index contributed by atoms with van der Waals surface area (Å²) in [7, 11) is 0. The molecule has 4 nitrogen and oxygen atoms in total. The summed E-state index contributed by atoms with van der Waals surface area (Å²) >= 11 is 5.78. The van der Waals surface area contributed by atoms with Crippen molar-refractivity contribution < 1.29 is 18.3 Å². The molecule has 128 valence electrons. The molecule has 0 saturated carbocycles. The number of hydrogen-bond acceptors (Lipinski definition) is 3. The highest BCUT2D eigenvalue weighted by molar-refractivity contribution is 6.30. The van der Waals surface area contributed by atoms with Gasteiger partial charge in [0.2, 0.25) is 5.91 Å². The van der Waals surface area contributed by atoms with Crippen LogP contribution >= 0.6 is 11.6 Å². The Kier molecular flexibility index (Phi) is 6.81. The van der Waals surface area contributed by atoms with Crippen molar-refractivity contribution in [1.29, 1.82) is 0 Å². The highest BCUT2D eigenvalue weighted by Crippen LogP contribution is 2.15. The standard InChI is InChI=1S/C17H17ClF2N2O2/c18-13-3-5-14(6-4-13)22-11-16(23)21-10-9-12-1-7-15(8-2-12)24-17(19)20/h1-8,17,22H,9-11H2,(H,21,23). The van der Waals surface area contributed by atoms with Crippen molar-refractivity contribution in [2.45, 2.75) is 13.0 Å². The maximum absolute atomic E-state index is 12.0. The van der Waals surface area contributed by atoms with Crippen molar-refractivity contribution in [1.82, 2.24) is 5.32 Å². The van der Waals surface area contributed by atoms with Gasteiger partial charge in [0.1, 0.15) is 5.75 Å². The molecule has 0 aliphatic heterocycles. The Morgan fingerprint density at radius 1 is 1.08 bits per heavy atom. The Hall–Kier alpha value is -2.34. The predicted molar refractivity (Wildman–Crippen MR) is 89.7 cm³/mol. The molecule has 0 bridgehead atoms. The van der Waals surface area contributed by atoms with Crippen molar-refractivity contribution in [3.63, 3.8) is 0 Å². The number of ether oxygens (including phenoxy) is 1. The topological polar surface area (TPSA) is 50.4 Å². The van der Waals surface area contributed by atoms with E-state index in [4.69, 9.17) is 11.6 Å². The number of carbonyl (C=O) groups excluding carboxylic acids is 1. The van der Waals surface area contributed by atoms with Gasteiger partial charge in [0.25, 0.3) is 0 Å². The van der Waals surface area contributed by atoms with Gasteiger partial charge in [0.15, 0.2) is 0 Å². The van der Waals surface area contributed by atoms with Crippen LogP contribution in [0.15, 0.2) is 48.5 Å². The van der Waals surface area contributed by atoms with Crippen LogP contribution in [0.1, 0.15) is 5.56 Å². The number of rotatable bonds is 8. The summed E-state index contributed by atoms with van der Waals surface area (Å²) in [6, 6.07) is 13.4. The fourth-order valence-electron chi connectivity index (χ4n) is 2.00. The van der Waals surface area contributed by atoms with Crippen LogP contribution in [0.4, 0.5) is 14.5 Å². The molecule has 24 heavy (non-hydrogen) atoms. The Labute approximate surface area is 143 Å². The van der Waals surface area contributed by atoms with Gasteiger partial charge in [-0.2, -0.15) is 8.78 Å². The second-order valence-corrected chi connectivity index (χ2v) is 5.42. The van der Waals surface area contributed by atoms with E-state index in [-0.39, 0.29) is 18.2 Å². The third-order valence-corrected chi connectivity index (χ3v) is 3.43. The van der Waals surface area contributed by atoms with Gasteiger partial charge in [-0.3, -0.25) is 4.79 Å². The molecule has 1 amide bonds. The van der Waals surface area contributed by atoms with E-state index in [1.165, 1.54) is 12.1 Å². The van der Waals surface area contributed by atoms with Crippen molar-refractivity contribution in [2.75, 3.05) is 18.4 Å². The summed E-state index contributed by atoms with van der Waals surface area (Å²) in [5.41, 5.74) is 1.73. The van der Waals surface area contributed by atoms with Crippen LogP contribution in [-0.4, -0.2) is 25.6 Å². The zero-order chi connectivity index (χ0) is 17.4. The number of hydrogen-bond donors (Lipinski definition) is 2. The van der Waals surface area contributed by atoms with Crippen LogP contribution in [0.3, 0.4) is 0 Å². The molecule has 0 spiro atoms. The summed E-state index contributed by atoms with van der Waals surface area (Å²) in [5, 5.41) is 6.40. The van der Waals surface area contributed by atoms with Gasteiger partial charge in [0.05, 0.1) is 6.54 Å². The molecule has 0 aliphatic rings. The lowest BCUT2D eigenvalue weighted by atomic mass is 10.1. The lowest BCUT2D eigenvalue weighted by Gasteiger charge is -2.09. The molecule has 2 aromatic rings. The van der Waals surface area contributed by atoms with E-state index in [0.29, 0.717) is 18.0 Å². The minimum atomic E-state index is -2.83. The molecule has 2 rings (SSSR count). The lowest BCUT2D eigenvalue weighted by molar-refractivity contribution is -0.119. The summed E-state index contributed by atoms with van der Waals surface area (Å²) in [4.78, 5) is 11.7. The number of benzene rings is 2. The van der Waals surface area contributed by atoms with Gasteiger partial charge in [-0.25, -0.2) is 0 Å². The molecule has 0 heterocycles. The largest absolute Gasteiger partial charge is 0.435 e. The maximum atomic E-state index is 12.0. The van der Waals surface area contributed by atoms with Crippen LogP contribution in [-0.2, 0) is 11.2 Å². The van der Waals surface area contributed by atoms with E-state index in [9.17, 15) is 13.6 Å². The first kappa shape index (κ1) is 18.0. The molecule has 0 radical (unpaired) electrons. The van der Waals surface area contributed by atoms with Crippen molar-refractivity contribution in [2.24, 2.45) is 0 Å². The summed E-state index contributed by atoms with van der Waals surface area (Å²) in [6.45, 7) is -2.22. The van der Waals surface area contributed by atoms with Crippen molar-refractivity contribution in [3.8, 4) is 5.75 Å².